The van der Waals surface area contributed by atoms with Gasteiger partial charge < -0.3 is 5.73 Å². The van der Waals surface area contributed by atoms with Gasteiger partial charge in [0.15, 0.2) is 0 Å². The lowest BCUT2D eigenvalue weighted by molar-refractivity contribution is 0.0576. The summed E-state index contributed by atoms with van der Waals surface area (Å²) in [5.74, 6) is 1.62. The number of fused-ring (bicyclic) bond motifs is 1. The number of benzene rings is 1. The first-order valence-corrected chi connectivity index (χ1v) is 7.19. The van der Waals surface area contributed by atoms with E-state index in [1.54, 1.807) is 18.2 Å². The fourth-order valence-corrected chi connectivity index (χ4v) is 3.69. The van der Waals surface area contributed by atoms with Crippen molar-refractivity contribution in [2.24, 2.45) is 0 Å². The first-order valence-electron chi connectivity index (χ1n) is 6.04. The Hall–Kier alpha value is -1.49. The van der Waals surface area contributed by atoms with Gasteiger partial charge in [0.05, 0.1) is 11.1 Å². The van der Waals surface area contributed by atoms with Gasteiger partial charge in [0.1, 0.15) is 0 Å². The average molecular weight is 262 g/mol. The van der Waals surface area contributed by atoms with Gasteiger partial charge in [0, 0.05) is 11.7 Å². The Bertz CT molecular complexity index is 524. The molecule has 0 saturated carbocycles. The number of hydrogen-bond acceptors (Lipinski definition) is 4. The number of nitrogens with two attached hydrogens (primary N) is 1. The van der Waals surface area contributed by atoms with Gasteiger partial charge in [-0.2, -0.15) is 11.8 Å². The highest BCUT2D eigenvalue weighted by Crippen LogP contribution is 2.32. The Kier molecular flexibility index (Phi) is 2.78. The maximum absolute atomic E-state index is 12.3. The van der Waals surface area contributed by atoms with Crippen LogP contribution in [0.2, 0.25) is 0 Å². The van der Waals surface area contributed by atoms with E-state index in [-0.39, 0.29) is 17.9 Å². The number of amides is 2. The Balaban J connectivity index is 1.99. The third-order valence-corrected chi connectivity index (χ3v) is 4.58. The molecule has 5 heteroatoms. The lowest BCUT2D eigenvalue weighted by atomic mass is 10.1. The molecule has 2 aliphatic heterocycles. The number of nitrogen functional groups attached to an aromatic ring is 1. The normalized spacial score (nSPS) is 20.3. The molecule has 1 fully saturated rings. The molecular formula is C13H14N2O2S. The van der Waals surface area contributed by atoms with E-state index in [1.165, 1.54) is 4.90 Å². The predicted octanol–water partition coefficient (Wildman–Crippen LogP) is 1.76. The molecular weight excluding hydrogens is 248 g/mol. The van der Waals surface area contributed by atoms with Crippen molar-refractivity contribution in [2.45, 2.75) is 18.9 Å². The highest BCUT2D eigenvalue weighted by atomic mass is 32.2. The van der Waals surface area contributed by atoms with E-state index in [4.69, 9.17) is 5.73 Å². The number of carbonyl (C=O) groups is 2. The zero-order valence-electron chi connectivity index (χ0n) is 9.89. The third-order valence-electron chi connectivity index (χ3n) is 3.53. The van der Waals surface area contributed by atoms with Crippen molar-refractivity contribution < 1.29 is 9.59 Å². The van der Waals surface area contributed by atoms with E-state index in [0.29, 0.717) is 16.8 Å². The minimum absolute atomic E-state index is 0.0399. The molecule has 1 aromatic rings. The highest BCUT2D eigenvalue weighted by Gasteiger charge is 2.41. The number of imide groups is 1. The Morgan fingerprint density at radius 2 is 1.89 bits per heavy atom. The van der Waals surface area contributed by atoms with Crippen LogP contribution >= 0.6 is 11.8 Å². The Morgan fingerprint density at radius 3 is 2.56 bits per heavy atom. The second-order valence-corrected chi connectivity index (χ2v) is 5.82. The zero-order valence-corrected chi connectivity index (χ0v) is 10.7. The van der Waals surface area contributed by atoms with Gasteiger partial charge in [0.2, 0.25) is 0 Å². The van der Waals surface area contributed by atoms with Crippen LogP contribution in [0, 0.1) is 0 Å². The average Bonchev–Trinajstić information content (AvgIpc) is 2.64. The summed E-state index contributed by atoms with van der Waals surface area (Å²) in [5, 5.41) is 0. The molecule has 1 aromatic carbocycles. The molecule has 3 rings (SSSR count). The summed E-state index contributed by atoms with van der Waals surface area (Å²) in [5.41, 5.74) is 7.06. The van der Waals surface area contributed by atoms with E-state index in [9.17, 15) is 9.59 Å². The molecule has 2 heterocycles. The fourth-order valence-electron chi connectivity index (χ4n) is 2.60. The molecule has 0 aliphatic carbocycles. The summed E-state index contributed by atoms with van der Waals surface area (Å²) in [4.78, 5) is 26.1. The van der Waals surface area contributed by atoms with Crippen LogP contribution in [0.15, 0.2) is 18.2 Å². The van der Waals surface area contributed by atoms with Crippen LogP contribution in [-0.2, 0) is 0 Å². The summed E-state index contributed by atoms with van der Waals surface area (Å²) in [6, 6.07) is 5.12. The number of hydrogen-bond donors (Lipinski definition) is 1. The van der Waals surface area contributed by atoms with E-state index in [1.807, 2.05) is 11.8 Å². The maximum atomic E-state index is 12.3. The summed E-state index contributed by atoms with van der Waals surface area (Å²) in [7, 11) is 0. The molecule has 0 aromatic heterocycles. The van der Waals surface area contributed by atoms with Crippen LogP contribution in [0.3, 0.4) is 0 Å². The minimum atomic E-state index is -0.218. The fraction of sp³-hybridized carbons (Fsp3) is 0.385. The van der Waals surface area contributed by atoms with E-state index >= 15 is 0 Å². The van der Waals surface area contributed by atoms with Crippen molar-refractivity contribution in [1.82, 2.24) is 4.90 Å². The second-order valence-electron chi connectivity index (χ2n) is 4.59. The van der Waals surface area contributed by atoms with Gasteiger partial charge in [-0.05, 0) is 36.5 Å². The van der Waals surface area contributed by atoms with Crippen molar-refractivity contribution in [1.29, 1.82) is 0 Å². The van der Waals surface area contributed by atoms with Crippen LogP contribution in [0.25, 0.3) is 0 Å². The summed E-state index contributed by atoms with van der Waals surface area (Å²) in [6.07, 6.45) is 1.77. The molecule has 94 valence electrons. The second kappa shape index (κ2) is 4.31. The van der Waals surface area contributed by atoms with E-state index in [2.05, 4.69) is 0 Å². The molecule has 18 heavy (non-hydrogen) atoms. The molecule has 1 saturated heterocycles. The topological polar surface area (TPSA) is 63.4 Å². The van der Waals surface area contributed by atoms with Gasteiger partial charge in [0.25, 0.3) is 11.8 Å². The van der Waals surface area contributed by atoms with Gasteiger partial charge in [-0.1, -0.05) is 6.07 Å². The highest BCUT2D eigenvalue weighted by molar-refractivity contribution is 7.99. The first-order chi connectivity index (χ1) is 8.70. The third kappa shape index (κ3) is 1.61. The molecule has 0 bridgehead atoms. The Morgan fingerprint density at radius 1 is 1.17 bits per heavy atom. The molecule has 2 aliphatic rings. The maximum Gasteiger partial charge on any atom is 0.263 e. The predicted molar refractivity (Wildman–Crippen MR) is 71.7 cm³/mol. The van der Waals surface area contributed by atoms with Crippen LogP contribution in [-0.4, -0.2) is 34.3 Å². The van der Waals surface area contributed by atoms with Gasteiger partial charge >= 0.3 is 0 Å². The van der Waals surface area contributed by atoms with Crippen molar-refractivity contribution in [3.05, 3.63) is 29.3 Å². The van der Waals surface area contributed by atoms with E-state index in [0.717, 1.165) is 24.3 Å². The standard InChI is InChI=1S/C13H14N2O2S/c14-10-3-1-2-9-11(10)13(17)15(12(9)16)8-4-6-18-7-5-8/h1-3,8H,4-7,14H2. The monoisotopic (exact) mass is 262 g/mol. The smallest absolute Gasteiger partial charge is 0.263 e. The lowest BCUT2D eigenvalue weighted by Crippen LogP contribution is -2.41. The summed E-state index contributed by atoms with van der Waals surface area (Å²) < 4.78 is 0. The van der Waals surface area contributed by atoms with Crippen molar-refractivity contribution in [3.63, 3.8) is 0 Å². The molecule has 2 N–H and O–H groups in total. The van der Waals surface area contributed by atoms with E-state index < -0.39 is 0 Å². The van der Waals surface area contributed by atoms with Crippen molar-refractivity contribution in [3.8, 4) is 0 Å². The molecule has 0 spiro atoms. The minimum Gasteiger partial charge on any atom is -0.398 e. The van der Waals surface area contributed by atoms with Crippen LogP contribution < -0.4 is 5.73 Å². The quantitative estimate of drug-likeness (QED) is 0.619. The number of carbonyl (C=O) groups excluding carboxylic acids is 2. The number of thioether (sulfide) groups is 1. The Labute approximate surface area is 110 Å². The number of anilines is 1. The number of nitrogens with zero attached hydrogens (tertiary/aromatic N) is 1. The molecule has 0 radical (unpaired) electrons. The van der Waals surface area contributed by atoms with Crippen LogP contribution in [0.4, 0.5) is 5.69 Å². The van der Waals surface area contributed by atoms with Crippen LogP contribution in [0.1, 0.15) is 33.6 Å². The SMILES string of the molecule is Nc1cccc2c1C(=O)N(C1CCSCC1)C2=O. The summed E-state index contributed by atoms with van der Waals surface area (Å²) >= 11 is 1.87. The number of rotatable bonds is 1. The van der Waals surface area contributed by atoms with Gasteiger partial charge in [-0.25, -0.2) is 0 Å². The molecule has 4 nitrogen and oxygen atoms in total. The largest absolute Gasteiger partial charge is 0.398 e. The lowest BCUT2D eigenvalue weighted by Gasteiger charge is -2.29. The van der Waals surface area contributed by atoms with Gasteiger partial charge in [-0.3, -0.25) is 14.5 Å². The molecule has 0 atom stereocenters. The molecule has 2 amide bonds. The van der Waals surface area contributed by atoms with Gasteiger partial charge in [-0.15, -0.1) is 0 Å². The molecule has 0 unspecified atom stereocenters. The summed E-state index contributed by atoms with van der Waals surface area (Å²) in [6.45, 7) is 0. The zero-order chi connectivity index (χ0) is 12.7. The van der Waals surface area contributed by atoms with Crippen LogP contribution in [0.5, 0.6) is 0 Å². The van der Waals surface area contributed by atoms with Crippen molar-refractivity contribution in [2.75, 3.05) is 17.2 Å². The first kappa shape index (κ1) is 11.6. The van der Waals surface area contributed by atoms with Crippen molar-refractivity contribution >= 4 is 29.3 Å².